The molecule has 0 aliphatic carbocycles. The molecular formula is C42H39NO. The highest BCUT2D eigenvalue weighted by Gasteiger charge is 2.12. The van der Waals surface area contributed by atoms with Crippen molar-refractivity contribution in [3.8, 4) is 5.75 Å². The van der Waals surface area contributed by atoms with Crippen molar-refractivity contribution in [2.24, 2.45) is 0 Å². The van der Waals surface area contributed by atoms with E-state index in [4.69, 9.17) is 4.74 Å². The second-order valence-corrected chi connectivity index (χ2v) is 10.7. The molecule has 0 saturated heterocycles. The molecule has 0 aromatic heterocycles. The van der Waals surface area contributed by atoms with Gasteiger partial charge in [0.25, 0.3) is 0 Å². The lowest BCUT2D eigenvalue weighted by atomic mass is 10.1. The van der Waals surface area contributed by atoms with E-state index in [1.54, 1.807) is 0 Å². The molecule has 2 heteroatoms. The minimum atomic E-state index is 0.646. The molecule has 0 atom stereocenters. The van der Waals surface area contributed by atoms with Crippen LogP contribution in [0.5, 0.6) is 5.75 Å². The molecule has 0 amide bonds. The summed E-state index contributed by atoms with van der Waals surface area (Å²) >= 11 is 0. The van der Waals surface area contributed by atoms with Crippen LogP contribution in [-0.2, 0) is 0 Å². The number of allylic oxidation sites excluding steroid dienone is 4. The number of anilines is 3. The van der Waals surface area contributed by atoms with Gasteiger partial charge >= 0.3 is 0 Å². The number of hydrogen-bond acceptors (Lipinski definition) is 2. The maximum atomic E-state index is 5.70. The first-order valence-corrected chi connectivity index (χ1v) is 15.1. The topological polar surface area (TPSA) is 12.5 Å². The van der Waals surface area contributed by atoms with Crippen LogP contribution in [0.4, 0.5) is 17.1 Å². The Hall–Kier alpha value is -5.34. The van der Waals surface area contributed by atoms with Gasteiger partial charge in [0.05, 0.1) is 6.61 Å². The number of hydrogen-bond donors (Lipinski definition) is 0. The average molecular weight is 574 g/mol. The van der Waals surface area contributed by atoms with Crippen LogP contribution in [0.3, 0.4) is 0 Å². The predicted molar refractivity (Wildman–Crippen MR) is 191 cm³/mol. The van der Waals surface area contributed by atoms with Crippen LogP contribution in [0.2, 0.25) is 0 Å². The van der Waals surface area contributed by atoms with Gasteiger partial charge in [-0.25, -0.2) is 0 Å². The number of benzene rings is 5. The van der Waals surface area contributed by atoms with Gasteiger partial charge in [0.15, 0.2) is 0 Å². The molecule has 0 spiro atoms. The van der Waals surface area contributed by atoms with E-state index in [2.05, 4.69) is 177 Å². The molecule has 5 rings (SSSR count). The van der Waals surface area contributed by atoms with Crippen molar-refractivity contribution in [3.63, 3.8) is 0 Å². The molecule has 0 unspecified atom stereocenters. The van der Waals surface area contributed by atoms with E-state index >= 15 is 0 Å². The zero-order valence-electron chi connectivity index (χ0n) is 25.7. The van der Waals surface area contributed by atoms with Crippen molar-refractivity contribution < 1.29 is 4.74 Å². The summed E-state index contributed by atoms with van der Waals surface area (Å²) in [7, 11) is 0. The molecule has 5 aromatic carbocycles. The maximum Gasteiger partial charge on any atom is 0.119 e. The van der Waals surface area contributed by atoms with Crippen LogP contribution in [0.15, 0.2) is 146 Å². The highest BCUT2D eigenvalue weighted by molar-refractivity contribution is 5.78. The predicted octanol–water partition coefficient (Wildman–Crippen LogP) is 11.6. The molecule has 0 aliphatic heterocycles. The van der Waals surface area contributed by atoms with Crippen molar-refractivity contribution in [1.29, 1.82) is 0 Å². The summed E-state index contributed by atoms with van der Waals surface area (Å²) in [6.07, 6.45) is 16.8. The Balaban J connectivity index is 1.33. The van der Waals surface area contributed by atoms with E-state index in [1.807, 2.05) is 19.1 Å². The van der Waals surface area contributed by atoms with Crippen LogP contribution in [0, 0.1) is 13.8 Å². The third kappa shape index (κ3) is 8.59. The van der Waals surface area contributed by atoms with E-state index in [0.717, 1.165) is 33.9 Å². The molecule has 0 aliphatic rings. The Morgan fingerprint density at radius 2 is 0.727 bits per heavy atom. The molecule has 5 aromatic rings. The molecule has 0 fully saturated rings. The van der Waals surface area contributed by atoms with E-state index in [0.29, 0.717) is 6.61 Å². The zero-order chi connectivity index (χ0) is 30.6. The average Bonchev–Trinajstić information content (AvgIpc) is 3.05. The maximum absolute atomic E-state index is 5.70. The SMILES string of the molecule is CCOc1ccc(N(c2ccc(/C=C/C=C/c3ccc(C)cc3)cc2)c2ccc(/C=C/C=C/c3ccc(C)cc3)cc2)cc1. The smallest absolute Gasteiger partial charge is 0.119 e. The Morgan fingerprint density at radius 3 is 1.05 bits per heavy atom. The van der Waals surface area contributed by atoms with Gasteiger partial charge in [0, 0.05) is 17.1 Å². The van der Waals surface area contributed by atoms with Crippen LogP contribution < -0.4 is 9.64 Å². The summed E-state index contributed by atoms with van der Waals surface area (Å²) in [5, 5.41) is 0. The Morgan fingerprint density at radius 1 is 0.432 bits per heavy atom. The first-order valence-electron chi connectivity index (χ1n) is 15.1. The molecule has 0 bridgehead atoms. The van der Waals surface area contributed by atoms with Gasteiger partial charge in [-0.15, -0.1) is 0 Å². The Kier molecular flexibility index (Phi) is 10.4. The largest absolute Gasteiger partial charge is 0.494 e. The summed E-state index contributed by atoms with van der Waals surface area (Å²) in [4.78, 5) is 2.27. The number of rotatable bonds is 11. The molecule has 0 saturated carbocycles. The lowest BCUT2D eigenvalue weighted by Crippen LogP contribution is -2.09. The highest BCUT2D eigenvalue weighted by Crippen LogP contribution is 2.35. The quantitative estimate of drug-likeness (QED) is 0.146. The monoisotopic (exact) mass is 573 g/mol. The third-order valence-corrected chi connectivity index (χ3v) is 7.24. The summed E-state index contributed by atoms with van der Waals surface area (Å²) < 4.78 is 5.70. The minimum absolute atomic E-state index is 0.646. The number of aryl methyl sites for hydroxylation is 2. The fourth-order valence-electron chi connectivity index (χ4n) is 4.80. The Labute approximate surface area is 262 Å². The van der Waals surface area contributed by atoms with Gasteiger partial charge in [-0.3, -0.25) is 0 Å². The first-order chi connectivity index (χ1) is 21.6. The van der Waals surface area contributed by atoms with Crippen molar-refractivity contribution in [1.82, 2.24) is 0 Å². The van der Waals surface area contributed by atoms with Crippen LogP contribution in [-0.4, -0.2) is 6.61 Å². The normalized spacial score (nSPS) is 11.7. The second kappa shape index (κ2) is 15.2. The van der Waals surface area contributed by atoms with Crippen LogP contribution >= 0.6 is 0 Å². The summed E-state index contributed by atoms with van der Waals surface area (Å²) in [5.74, 6) is 0.870. The summed E-state index contributed by atoms with van der Waals surface area (Å²) in [6, 6.07) is 42.7. The molecule has 0 heterocycles. The van der Waals surface area contributed by atoms with Crippen molar-refractivity contribution >= 4 is 41.4 Å². The zero-order valence-corrected chi connectivity index (χ0v) is 25.7. The molecule has 44 heavy (non-hydrogen) atoms. The Bertz CT molecular complexity index is 1610. The molecular weight excluding hydrogens is 534 g/mol. The van der Waals surface area contributed by atoms with Crippen LogP contribution in [0.1, 0.15) is 40.3 Å². The van der Waals surface area contributed by atoms with Crippen molar-refractivity contribution in [2.75, 3.05) is 11.5 Å². The second-order valence-electron chi connectivity index (χ2n) is 10.7. The van der Waals surface area contributed by atoms with Gasteiger partial charge in [-0.2, -0.15) is 0 Å². The summed E-state index contributed by atoms with van der Waals surface area (Å²) in [5.41, 5.74) is 10.5. The molecule has 2 nitrogen and oxygen atoms in total. The standard InChI is InChI=1S/C42H39NO/c1-4-44-42-31-29-41(30-32-42)43(39-25-21-37(22-26-39)11-7-5-9-35-17-13-33(2)14-18-35)40-27-23-38(24-28-40)12-8-6-10-36-19-15-34(3)16-20-36/h5-32H,4H2,1-3H3/b9-5+,10-6+,11-7+,12-8+. The first kappa shape index (κ1) is 30.1. The third-order valence-electron chi connectivity index (χ3n) is 7.24. The van der Waals surface area contributed by atoms with Crippen LogP contribution in [0.25, 0.3) is 24.3 Å². The fraction of sp³-hybridized carbons (Fsp3) is 0.0952. The summed E-state index contributed by atoms with van der Waals surface area (Å²) in [6.45, 7) is 6.86. The van der Waals surface area contributed by atoms with E-state index < -0.39 is 0 Å². The molecule has 218 valence electrons. The van der Waals surface area contributed by atoms with E-state index in [9.17, 15) is 0 Å². The van der Waals surface area contributed by atoms with Crippen molar-refractivity contribution in [2.45, 2.75) is 20.8 Å². The molecule has 0 N–H and O–H groups in total. The van der Waals surface area contributed by atoms with E-state index in [1.165, 1.54) is 22.3 Å². The van der Waals surface area contributed by atoms with E-state index in [-0.39, 0.29) is 0 Å². The molecule has 0 radical (unpaired) electrons. The number of nitrogens with zero attached hydrogens (tertiary/aromatic N) is 1. The van der Waals surface area contributed by atoms with Gasteiger partial charge < -0.3 is 9.64 Å². The lowest BCUT2D eigenvalue weighted by Gasteiger charge is -2.26. The van der Waals surface area contributed by atoms with Gasteiger partial charge in [-0.1, -0.05) is 133 Å². The van der Waals surface area contributed by atoms with Crippen molar-refractivity contribution in [3.05, 3.63) is 179 Å². The van der Waals surface area contributed by atoms with Gasteiger partial charge in [0.2, 0.25) is 0 Å². The highest BCUT2D eigenvalue weighted by atomic mass is 16.5. The fourth-order valence-corrected chi connectivity index (χ4v) is 4.80. The lowest BCUT2D eigenvalue weighted by molar-refractivity contribution is 0.340. The van der Waals surface area contributed by atoms with Gasteiger partial charge in [0.1, 0.15) is 5.75 Å². The van der Waals surface area contributed by atoms with Gasteiger partial charge in [-0.05, 0) is 91.6 Å². The number of ether oxygens (including phenoxy) is 1. The minimum Gasteiger partial charge on any atom is -0.494 e.